The summed E-state index contributed by atoms with van der Waals surface area (Å²) in [5, 5.41) is 0. The highest BCUT2D eigenvalue weighted by atomic mass is 15.1. The lowest BCUT2D eigenvalue weighted by Crippen LogP contribution is -2.26. The molecule has 0 aliphatic rings. The highest BCUT2D eigenvalue weighted by Crippen LogP contribution is 2.03. The number of hydrogen-bond acceptors (Lipinski definition) is 3. The number of pyridine rings is 1. The fourth-order valence-electron chi connectivity index (χ4n) is 1.77. The Morgan fingerprint density at radius 3 is 2.65 bits per heavy atom. The van der Waals surface area contributed by atoms with Crippen LogP contribution in [0, 0.1) is 0 Å². The summed E-state index contributed by atoms with van der Waals surface area (Å²) in [4.78, 5) is 10.5. The van der Waals surface area contributed by atoms with Crippen LogP contribution in [-0.4, -0.2) is 32.5 Å². The van der Waals surface area contributed by atoms with Gasteiger partial charge in [0.15, 0.2) is 0 Å². The Balaban J connectivity index is 1.85. The van der Waals surface area contributed by atoms with E-state index in [1.165, 1.54) is 5.56 Å². The van der Waals surface area contributed by atoms with Crippen molar-refractivity contribution in [1.29, 1.82) is 0 Å². The van der Waals surface area contributed by atoms with E-state index in [0.29, 0.717) is 0 Å². The average Bonchev–Trinajstić information content (AvgIpc) is 2.89. The van der Waals surface area contributed by atoms with Crippen LogP contribution < -0.4 is 0 Å². The maximum atomic E-state index is 4.05. The van der Waals surface area contributed by atoms with E-state index < -0.39 is 0 Å². The predicted octanol–water partition coefficient (Wildman–Crippen LogP) is 1.80. The molecule has 0 spiro atoms. The van der Waals surface area contributed by atoms with Crippen molar-refractivity contribution in [3.63, 3.8) is 0 Å². The summed E-state index contributed by atoms with van der Waals surface area (Å²) in [7, 11) is 0. The molecule has 0 aliphatic heterocycles. The van der Waals surface area contributed by atoms with Crippen molar-refractivity contribution in [1.82, 2.24) is 19.4 Å². The number of rotatable bonds is 6. The van der Waals surface area contributed by atoms with Crippen LogP contribution in [-0.2, 0) is 13.1 Å². The molecular formula is C13H18N4. The van der Waals surface area contributed by atoms with Gasteiger partial charge in [0.05, 0.1) is 6.33 Å². The Morgan fingerprint density at radius 1 is 1.18 bits per heavy atom. The van der Waals surface area contributed by atoms with Crippen molar-refractivity contribution in [2.45, 2.75) is 20.0 Å². The fourth-order valence-corrected chi connectivity index (χ4v) is 1.77. The molecule has 2 rings (SSSR count). The molecule has 4 nitrogen and oxygen atoms in total. The molecule has 0 aromatic carbocycles. The number of hydrogen-bond donors (Lipinski definition) is 0. The van der Waals surface area contributed by atoms with Crippen LogP contribution in [0.15, 0.2) is 43.2 Å². The van der Waals surface area contributed by atoms with E-state index in [2.05, 4.69) is 38.5 Å². The molecule has 0 N–H and O–H groups in total. The summed E-state index contributed by atoms with van der Waals surface area (Å²) in [5.74, 6) is 0. The zero-order valence-electron chi connectivity index (χ0n) is 10.2. The van der Waals surface area contributed by atoms with Crippen LogP contribution in [0.2, 0.25) is 0 Å². The van der Waals surface area contributed by atoms with Crippen LogP contribution in [0.4, 0.5) is 0 Å². The van der Waals surface area contributed by atoms with Gasteiger partial charge in [0, 0.05) is 44.4 Å². The lowest BCUT2D eigenvalue weighted by molar-refractivity contribution is 0.268. The number of aromatic nitrogens is 3. The van der Waals surface area contributed by atoms with Gasteiger partial charge in [0.2, 0.25) is 0 Å². The smallest absolute Gasteiger partial charge is 0.0946 e. The van der Waals surface area contributed by atoms with Crippen molar-refractivity contribution in [2.24, 2.45) is 0 Å². The Hall–Kier alpha value is -1.68. The zero-order valence-corrected chi connectivity index (χ0v) is 10.2. The third-order valence-electron chi connectivity index (χ3n) is 2.84. The molecule has 0 amide bonds. The monoisotopic (exact) mass is 230 g/mol. The standard InChI is InChI=1S/C13H18N4/c1-2-16(9-10-17-8-7-15-12-17)11-13-3-5-14-6-4-13/h3-8,12H,2,9-11H2,1H3. The lowest BCUT2D eigenvalue weighted by Gasteiger charge is -2.20. The second kappa shape index (κ2) is 6.15. The molecule has 0 bridgehead atoms. The molecular weight excluding hydrogens is 212 g/mol. The quantitative estimate of drug-likeness (QED) is 0.759. The Labute approximate surface area is 102 Å². The molecule has 0 fully saturated rings. The average molecular weight is 230 g/mol. The third kappa shape index (κ3) is 3.67. The highest BCUT2D eigenvalue weighted by molar-refractivity contribution is 5.09. The van der Waals surface area contributed by atoms with Crippen LogP contribution in [0.25, 0.3) is 0 Å². The fraction of sp³-hybridized carbons (Fsp3) is 0.385. The maximum absolute atomic E-state index is 4.05. The molecule has 0 saturated heterocycles. The first-order chi connectivity index (χ1) is 8.38. The molecule has 0 aliphatic carbocycles. The minimum atomic E-state index is 0.980. The Morgan fingerprint density at radius 2 is 2.00 bits per heavy atom. The van der Waals surface area contributed by atoms with Gasteiger partial charge in [-0.15, -0.1) is 0 Å². The number of likely N-dealkylation sites (N-methyl/N-ethyl adjacent to an activating group) is 1. The summed E-state index contributed by atoms with van der Waals surface area (Å²) in [5.41, 5.74) is 1.31. The molecule has 0 atom stereocenters. The molecule has 2 aromatic heterocycles. The SMILES string of the molecule is CCN(CCn1ccnc1)Cc1ccncc1. The normalized spacial score (nSPS) is 10.9. The summed E-state index contributed by atoms with van der Waals surface area (Å²) in [6, 6.07) is 4.14. The van der Waals surface area contributed by atoms with Gasteiger partial charge >= 0.3 is 0 Å². The minimum Gasteiger partial charge on any atom is -0.336 e. The van der Waals surface area contributed by atoms with Gasteiger partial charge in [-0.1, -0.05) is 6.92 Å². The van der Waals surface area contributed by atoms with Crippen LogP contribution >= 0.6 is 0 Å². The van der Waals surface area contributed by atoms with Crippen LogP contribution in [0.1, 0.15) is 12.5 Å². The first-order valence-electron chi connectivity index (χ1n) is 5.95. The van der Waals surface area contributed by atoms with Crippen molar-refractivity contribution in [3.8, 4) is 0 Å². The van der Waals surface area contributed by atoms with Gasteiger partial charge in [-0.3, -0.25) is 9.88 Å². The van der Waals surface area contributed by atoms with Gasteiger partial charge in [-0.05, 0) is 24.2 Å². The molecule has 2 heterocycles. The first kappa shape index (κ1) is 11.8. The van der Waals surface area contributed by atoms with E-state index in [1.807, 2.05) is 31.1 Å². The largest absolute Gasteiger partial charge is 0.336 e. The van der Waals surface area contributed by atoms with E-state index in [4.69, 9.17) is 0 Å². The summed E-state index contributed by atoms with van der Waals surface area (Å²) in [6.45, 7) is 6.24. The van der Waals surface area contributed by atoms with Crippen molar-refractivity contribution in [2.75, 3.05) is 13.1 Å². The van der Waals surface area contributed by atoms with E-state index in [-0.39, 0.29) is 0 Å². The summed E-state index contributed by atoms with van der Waals surface area (Å²) in [6.07, 6.45) is 9.37. The van der Waals surface area contributed by atoms with E-state index in [0.717, 1.165) is 26.2 Å². The van der Waals surface area contributed by atoms with Crippen LogP contribution in [0.3, 0.4) is 0 Å². The summed E-state index contributed by atoms with van der Waals surface area (Å²) >= 11 is 0. The molecule has 17 heavy (non-hydrogen) atoms. The van der Waals surface area contributed by atoms with E-state index in [1.54, 1.807) is 0 Å². The van der Waals surface area contributed by atoms with Crippen molar-refractivity contribution >= 4 is 0 Å². The van der Waals surface area contributed by atoms with Crippen molar-refractivity contribution < 1.29 is 0 Å². The van der Waals surface area contributed by atoms with E-state index in [9.17, 15) is 0 Å². The van der Waals surface area contributed by atoms with Gasteiger partial charge in [0.25, 0.3) is 0 Å². The number of nitrogens with zero attached hydrogens (tertiary/aromatic N) is 4. The van der Waals surface area contributed by atoms with Gasteiger partial charge in [-0.2, -0.15) is 0 Å². The molecule has 90 valence electrons. The third-order valence-corrected chi connectivity index (χ3v) is 2.84. The topological polar surface area (TPSA) is 34.0 Å². The molecule has 0 unspecified atom stereocenters. The van der Waals surface area contributed by atoms with Gasteiger partial charge < -0.3 is 4.57 Å². The molecule has 4 heteroatoms. The lowest BCUT2D eigenvalue weighted by atomic mass is 10.2. The number of imidazole rings is 1. The second-order valence-electron chi connectivity index (χ2n) is 4.02. The molecule has 0 radical (unpaired) electrons. The molecule has 2 aromatic rings. The Kier molecular flexibility index (Phi) is 4.27. The summed E-state index contributed by atoms with van der Waals surface area (Å²) < 4.78 is 2.11. The van der Waals surface area contributed by atoms with Crippen LogP contribution in [0.5, 0.6) is 0 Å². The first-order valence-corrected chi connectivity index (χ1v) is 5.95. The molecule has 0 saturated carbocycles. The maximum Gasteiger partial charge on any atom is 0.0946 e. The minimum absolute atomic E-state index is 0.980. The predicted molar refractivity (Wildman–Crippen MR) is 67.4 cm³/mol. The zero-order chi connectivity index (χ0) is 11.9. The van der Waals surface area contributed by atoms with Crippen molar-refractivity contribution in [3.05, 3.63) is 48.8 Å². The Bertz CT molecular complexity index is 410. The van der Waals surface area contributed by atoms with Gasteiger partial charge in [-0.25, -0.2) is 4.98 Å². The second-order valence-corrected chi connectivity index (χ2v) is 4.02. The van der Waals surface area contributed by atoms with Gasteiger partial charge in [0.1, 0.15) is 0 Å². The highest BCUT2D eigenvalue weighted by Gasteiger charge is 2.03. The van der Waals surface area contributed by atoms with E-state index >= 15 is 0 Å².